The molecule has 2 aromatic carbocycles. The van der Waals surface area contributed by atoms with Crippen molar-refractivity contribution in [3.8, 4) is 0 Å². The zero-order valence-corrected chi connectivity index (χ0v) is 16.2. The first kappa shape index (κ1) is 20.2. The molecule has 1 N–H and O–H groups in total. The molecule has 0 aliphatic heterocycles. The number of carbonyl (C=O) groups is 1. The van der Waals surface area contributed by atoms with E-state index in [0.717, 1.165) is 50.5 Å². The van der Waals surface area contributed by atoms with Crippen LogP contribution in [0.1, 0.15) is 69.4 Å². The van der Waals surface area contributed by atoms with Crippen molar-refractivity contribution in [1.29, 1.82) is 0 Å². The minimum absolute atomic E-state index is 0.249. The molecule has 0 aliphatic carbocycles. The lowest BCUT2D eigenvalue weighted by Crippen LogP contribution is -2.36. The zero-order chi connectivity index (χ0) is 18.8. The summed E-state index contributed by atoms with van der Waals surface area (Å²) < 4.78 is 0. The highest BCUT2D eigenvalue weighted by molar-refractivity contribution is 5.77. The van der Waals surface area contributed by atoms with E-state index in [4.69, 9.17) is 0 Å². The van der Waals surface area contributed by atoms with Gasteiger partial charge in [-0.3, -0.25) is 4.79 Å². The van der Waals surface area contributed by atoms with E-state index in [1.54, 1.807) is 0 Å². The molecule has 2 heteroatoms. The number of carboxylic acid groups (broad SMARTS) is 1. The Morgan fingerprint density at radius 1 is 0.885 bits per heavy atom. The van der Waals surface area contributed by atoms with Gasteiger partial charge in [-0.25, -0.2) is 0 Å². The maximum absolute atomic E-state index is 12.5. The van der Waals surface area contributed by atoms with Crippen molar-refractivity contribution in [3.05, 3.63) is 71.8 Å². The number of rotatable bonds is 11. The highest BCUT2D eigenvalue weighted by Crippen LogP contribution is 2.47. The van der Waals surface area contributed by atoms with Gasteiger partial charge in [-0.1, -0.05) is 100 Å². The maximum atomic E-state index is 12.5. The van der Waals surface area contributed by atoms with Crippen LogP contribution >= 0.6 is 0 Å². The van der Waals surface area contributed by atoms with E-state index < -0.39 is 11.9 Å². The zero-order valence-electron chi connectivity index (χ0n) is 16.2. The molecule has 140 valence electrons. The van der Waals surface area contributed by atoms with Crippen LogP contribution in [0, 0.1) is 5.41 Å². The van der Waals surface area contributed by atoms with Crippen molar-refractivity contribution in [1.82, 2.24) is 0 Å². The monoisotopic (exact) mass is 352 g/mol. The average molecular weight is 353 g/mol. The molecule has 2 nitrogen and oxygen atoms in total. The largest absolute Gasteiger partial charge is 0.481 e. The summed E-state index contributed by atoms with van der Waals surface area (Å²) in [4.78, 5) is 12.5. The van der Waals surface area contributed by atoms with Crippen LogP contribution in [0.25, 0.3) is 0 Å². The Labute approximate surface area is 158 Å². The summed E-state index contributed by atoms with van der Waals surface area (Å²) in [7, 11) is 0. The van der Waals surface area contributed by atoms with Crippen molar-refractivity contribution < 1.29 is 9.90 Å². The second kappa shape index (κ2) is 10.2. The molecule has 26 heavy (non-hydrogen) atoms. The van der Waals surface area contributed by atoms with Crippen LogP contribution in [0.15, 0.2) is 60.7 Å². The standard InChI is InChI=1S/C24H32O2/c1-3-5-17-24(18-6-4-2,19-20-13-9-7-10-14-20)22(23(25)26)21-15-11-8-12-16-21/h7-16,22H,3-6,17-19H2,1-2H3,(H,25,26). The van der Waals surface area contributed by atoms with E-state index in [9.17, 15) is 9.90 Å². The number of benzene rings is 2. The highest BCUT2D eigenvalue weighted by Gasteiger charge is 2.43. The van der Waals surface area contributed by atoms with Crippen LogP contribution in [0.2, 0.25) is 0 Å². The van der Waals surface area contributed by atoms with E-state index in [1.165, 1.54) is 5.56 Å². The van der Waals surface area contributed by atoms with Crippen LogP contribution in [0.3, 0.4) is 0 Å². The smallest absolute Gasteiger partial charge is 0.311 e. The van der Waals surface area contributed by atoms with Gasteiger partial charge in [0.1, 0.15) is 0 Å². The van der Waals surface area contributed by atoms with Crippen molar-refractivity contribution in [2.45, 2.75) is 64.7 Å². The summed E-state index contributed by atoms with van der Waals surface area (Å²) in [5.74, 6) is -1.17. The first-order chi connectivity index (χ1) is 12.6. The first-order valence-electron chi connectivity index (χ1n) is 9.94. The third-order valence-corrected chi connectivity index (χ3v) is 5.45. The van der Waals surface area contributed by atoms with E-state index in [1.807, 2.05) is 36.4 Å². The van der Waals surface area contributed by atoms with Crippen LogP contribution in [-0.2, 0) is 11.2 Å². The van der Waals surface area contributed by atoms with Gasteiger partial charge < -0.3 is 5.11 Å². The van der Waals surface area contributed by atoms with Crippen molar-refractivity contribution in [2.24, 2.45) is 5.41 Å². The topological polar surface area (TPSA) is 37.3 Å². The van der Waals surface area contributed by atoms with Gasteiger partial charge in [0.2, 0.25) is 0 Å². The predicted molar refractivity (Wildman–Crippen MR) is 108 cm³/mol. The summed E-state index contributed by atoms with van der Waals surface area (Å²) in [6, 6.07) is 20.2. The van der Waals surface area contributed by atoms with Crippen LogP contribution in [0.4, 0.5) is 0 Å². The fourth-order valence-electron chi connectivity index (χ4n) is 4.16. The Hall–Kier alpha value is -2.09. The molecule has 0 aliphatic rings. The second-order valence-corrected chi connectivity index (χ2v) is 7.41. The molecule has 1 unspecified atom stereocenters. The Morgan fingerprint density at radius 2 is 1.38 bits per heavy atom. The average Bonchev–Trinajstić information content (AvgIpc) is 2.66. The summed E-state index contributed by atoms with van der Waals surface area (Å²) in [5.41, 5.74) is 1.92. The second-order valence-electron chi connectivity index (χ2n) is 7.41. The lowest BCUT2D eigenvalue weighted by molar-refractivity contribution is -0.142. The molecule has 0 amide bonds. The number of hydrogen-bond donors (Lipinski definition) is 1. The van der Waals surface area contributed by atoms with Crippen LogP contribution in [0.5, 0.6) is 0 Å². The fraction of sp³-hybridized carbons (Fsp3) is 0.458. The minimum atomic E-state index is -0.695. The van der Waals surface area contributed by atoms with Gasteiger partial charge in [-0.05, 0) is 35.8 Å². The molecule has 0 spiro atoms. The Kier molecular flexibility index (Phi) is 7.90. The number of unbranched alkanes of at least 4 members (excludes halogenated alkanes) is 2. The maximum Gasteiger partial charge on any atom is 0.311 e. The van der Waals surface area contributed by atoms with E-state index in [2.05, 4.69) is 38.1 Å². The molecule has 0 radical (unpaired) electrons. The molecule has 2 aromatic rings. The number of aliphatic carboxylic acids is 1. The van der Waals surface area contributed by atoms with E-state index in [0.29, 0.717) is 0 Å². The SMILES string of the molecule is CCCCC(CCCC)(Cc1ccccc1)C(C(=O)O)c1ccccc1. The van der Waals surface area contributed by atoms with Crippen molar-refractivity contribution in [2.75, 3.05) is 0 Å². The van der Waals surface area contributed by atoms with Gasteiger partial charge in [-0.2, -0.15) is 0 Å². The first-order valence-corrected chi connectivity index (χ1v) is 9.94. The molecule has 0 saturated carbocycles. The van der Waals surface area contributed by atoms with Gasteiger partial charge in [0.15, 0.2) is 0 Å². The van der Waals surface area contributed by atoms with Gasteiger partial charge in [0.25, 0.3) is 0 Å². The predicted octanol–water partition coefficient (Wildman–Crippen LogP) is 6.46. The molecule has 1 atom stereocenters. The third kappa shape index (κ3) is 5.20. The Morgan fingerprint density at radius 3 is 1.85 bits per heavy atom. The van der Waals surface area contributed by atoms with Gasteiger partial charge in [0.05, 0.1) is 5.92 Å². The quantitative estimate of drug-likeness (QED) is 0.503. The summed E-state index contributed by atoms with van der Waals surface area (Å²) >= 11 is 0. The summed E-state index contributed by atoms with van der Waals surface area (Å²) in [6.45, 7) is 4.37. The lowest BCUT2D eigenvalue weighted by Gasteiger charge is -2.40. The van der Waals surface area contributed by atoms with Gasteiger partial charge >= 0.3 is 5.97 Å². The minimum Gasteiger partial charge on any atom is -0.481 e. The molecule has 0 aromatic heterocycles. The molecule has 2 rings (SSSR count). The van der Waals surface area contributed by atoms with E-state index >= 15 is 0 Å². The highest BCUT2D eigenvalue weighted by atomic mass is 16.4. The number of hydrogen-bond acceptors (Lipinski definition) is 1. The molecule has 0 saturated heterocycles. The Bertz CT molecular complexity index is 640. The Balaban J connectivity index is 2.51. The van der Waals surface area contributed by atoms with Crippen molar-refractivity contribution >= 4 is 5.97 Å². The summed E-state index contributed by atoms with van der Waals surface area (Å²) in [6.07, 6.45) is 7.02. The fourth-order valence-corrected chi connectivity index (χ4v) is 4.16. The van der Waals surface area contributed by atoms with Crippen molar-refractivity contribution in [3.63, 3.8) is 0 Å². The van der Waals surface area contributed by atoms with Gasteiger partial charge in [0, 0.05) is 0 Å². The van der Waals surface area contributed by atoms with Crippen LogP contribution < -0.4 is 0 Å². The third-order valence-electron chi connectivity index (χ3n) is 5.45. The van der Waals surface area contributed by atoms with E-state index in [-0.39, 0.29) is 5.41 Å². The molecule has 0 bridgehead atoms. The number of carboxylic acids is 1. The molecular formula is C24H32O2. The van der Waals surface area contributed by atoms with Gasteiger partial charge in [-0.15, -0.1) is 0 Å². The molecule has 0 fully saturated rings. The lowest BCUT2D eigenvalue weighted by atomic mass is 9.63. The molecule has 0 heterocycles. The van der Waals surface area contributed by atoms with Crippen LogP contribution in [-0.4, -0.2) is 11.1 Å². The molecular weight excluding hydrogens is 320 g/mol. The normalized spacial score (nSPS) is 12.7. The summed E-state index contributed by atoms with van der Waals surface area (Å²) in [5, 5.41) is 10.2.